The van der Waals surface area contributed by atoms with Crippen molar-refractivity contribution in [1.82, 2.24) is 10.1 Å². The number of aryl methyl sites for hydroxylation is 1. The van der Waals surface area contributed by atoms with E-state index in [1.807, 2.05) is 6.92 Å². The Balaban J connectivity index is 2.10. The average molecular weight is 291 g/mol. The number of unbranched alkanes of at least 4 members (excludes halogenated alkanes) is 1. The molecule has 1 aromatic heterocycles. The van der Waals surface area contributed by atoms with Gasteiger partial charge in [-0.05, 0) is 44.4 Å². The molecule has 1 saturated carbocycles. The molecule has 2 rings (SSSR count). The maximum atomic E-state index is 8.58. The monoisotopic (exact) mass is 291 g/mol. The van der Waals surface area contributed by atoms with Crippen LogP contribution in [-0.4, -0.2) is 16.7 Å². The van der Waals surface area contributed by atoms with Crippen LogP contribution in [0.2, 0.25) is 0 Å². The van der Waals surface area contributed by atoms with Gasteiger partial charge in [-0.3, -0.25) is 0 Å². The van der Waals surface area contributed by atoms with Crippen molar-refractivity contribution in [2.45, 2.75) is 71.3 Å². The van der Waals surface area contributed by atoms with Crippen LogP contribution in [0.3, 0.4) is 0 Å². The van der Waals surface area contributed by atoms with E-state index >= 15 is 0 Å². The molecule has 0 unspecified atom stereocenters. The lowest BCUT2D eigenvalue weighted by Gasteiger charge is -2.41. The van der Waals surface area contributed by atoms with Crippen LogP contribution in [0, 0.1) is 16.7 Å². The van der Waals surface area contributed by atoms with Gasteiger partial charge in [-0.1, -0.05) is 19.0 Å². The van der Waals surface area contributed by atoms with Crippen LogP contribution in [0.15, 0.2) is 4.52 Å². The van der Waals surface area contributed by atoms with Crippen molar-refractivity contribution < 1.29 is 9.26 Å². The van der Waals surface area contributed by atoms with Crippen molar-refractivity contribution in [1.29, 1.82) is 5.26 Å². The van der Waals surface area contributed by atoms with Crippen LogP contribution in [0.25, 0.3) is 0 Å². The summed E-state index contributed by atoms with van der Waals surface area (Å²) >= 11 is 0. The van der Waals surface area contributed by atoms with Gasteiger partial charge < -0.3 is 9.26 Å². The fourth-order valence-electron chi connectivity index (χ4n) is 2.90. The van der Waals surface area contributed by atoms with Gasteiger partial charge in [-0.15, -0.1) is 0 Å². The van der Waals surface area contributed by atoms with E-state index in [0.717, 1.165) is 32.1 Å². The Labute approximate surface area is 126 Å². The van der Waals surface area contributed by atoms with Crippen molar-refractivity contribution in [2.24, 2.45) is 5.41 Å². The Morgan fingerprint density at radius 1 is 1.29 bits per heavy atom. The SMILES string of the molecule is CCOC1(c2noc(CCCC#N)n2)CCC(C)(C)CC1. The number of rotatable bonds is 6. The van der Waals surface area contributed by atoms with Gasteiger partial charge in [0, 0.05) is 19.4 Å². The van der Waals surface area contributed by atoms with Gasteiger partial charge >= 0.3 is 0 Å². The van der Waals surface area contributed by atoms with Gasteiger partial charge in [-0.25, -0.2) is 0 Å². The highest BCUT2D eigenvalue weighted by atomic mass is 16.5. The molecule has 0 bridgehead atoms. The summed E-state index contributed by atoms with van der Waals surface area (Å²) in [6, 6.07) is 2.13. The lowest BCUT2D eigenvalue weighted by molar-refractivity contribution is -0.0957. The predicted molar refractivity (Wildman–Crippen MR) is 78.4 cm³/mol. The third kappa shape index (κ3) is 3.82. The smallest absolute Gasteiger partial charge is 0.226 e. The molecule has 116 valence electrons. The first-order valence-corrected chi connectivity index (χ1v) is 7.85. The minimum Gasteiger partial charge on any atom is -0.367 e. The molecule has 0 N–H and O–H groups in total. The lowest BCUT2D eigenvalue weighted by atomic mass is 9.70. The molecule has 21 heavy (non-hydrogen) atoms. The molecule has 0 atom stereocenters. The van der Waals surface area contributed by atoms with Crippen LogP contribution in [0.4, 0.5) is 0 Å². The van der Waals surface area contributed by atoms with Crippen LogP contribution < -0.4 is 0 Å². The number of nitriles is 1. The van der Waals surface area contributed by atoms with Crippen molar-refractivity contribution in [2.75, 3.05) is 6.61 Å². The van der Waals surface area contributed by atoms with E-state index in [-0.39, 0.29) is 5.60 Å². The molecule has 1 aliphatic carbocycles. The molecule has 0 aromatic carbocycles. The maximum absolute atomic E-state index is 8.58. The predicted octanol–water partition coefficient (Wildman–Crippen LogP) is 3.75. The molecule has 0 amide bonds. The minimum absolute atomic E-state index is 0.361. The number of hydrogen-bond acceptors (Lipinski definition) is 5. The maximum Gasteiger partial charge on any atom is 0.226 e. The fraction of sp³-hybridized carbons (Fsp3) is 0.812. The van der Waals surface area contributed by atoms with E-state index in [2.05, 4.69) is 30.1 Å². The number of nitrogens with zero attached hydrogens (tertiary/aromatic N) is 3. The summed E-state index contributed by atoms with van der Waals surface area (Å²) in [6.45, 7) is 7.26. The lowest BCUT2D eigenvalue weighted by Crippen LogP contribution is -2.38. The van der Waals surface area contributed by atoms with Gasteiger partial charge in [0.2, 0.25) is 11.7 Å². The topological polar surface area (TPSA) is 71.9 Å². The second-order valence-corrected chi connectivity index (χ2v) is 6.61. The molecular weight excluding hydrogens is 266 g/mol. The summed E-state index contributed by atoms with van der Waals surface area (Å²) in [5.41, 5.74) is -0.0266. The minimum atomic E-state index is -0.388. The highest BCUT2D eigenvalue weighted by Crippen LogP contribution is 2.46. The normalized spacial score (nSPS) is 20.1. The van der Waals surface area contributed by atoms with Crippen molar-refractivity contribution in [3.05, 3.63) is 11.7 Å². The summed E-state index contributed by atoms with van der Waals surface area (Å²) in [5, 5.41) is 12.7. The van der Waals surface area contributed by atoms with Gasteiger partial charge in [0.1, 0.15) is 5.60 Å². The third-order valence-corrected chi connectivity index (χ3v) is 4.39. The largest absolute Gasteiger partial charge is 0.367 e. The Bertz CT molecular complexity index is 492. The Hall–Kier alpha value is -1.41. The van der Waals surface area contributed by atoms with Crippen LogP contribution in [0.5, 0.6) is 0 Å². The Kier molecular flexibility index (Phi) is 5.00. The zero-order valence-corrected chi connectivity index (χ0v) is 13.3. The van der Waals surface area contributed by atoms with Gasteiger partial charge in [0.15, 0.2) is 0 Å². The van der Waals surface area contributed by atoms with Crippen LogP contribution in [-0.2, 0) is 16.8 Å². The van der Waals surface area contributed by atoms with Gasteiger partial charge in [0.25, 0.3) is 0 Å². The average Bonchev–Trinajstić information content (AvgIpc) is 2.91. The highest BCUT2D eigenvalue weighted by molar-refractivity contribution is 5.05. The Morgan fingerprint density at radius 3 is 2.62 bits per heavy atom. The molecule has 1 aliphatic rings. The molecule has 0 radical (unpaired) electrons. The zero-order chi connectivity index (χ0) is 15.3. The van der Waals surface area contributed by atoms with E-state index in [0.29, 0.717) is 36.6 Å². The van der Waals surface area contributed by atoms with Crippen LogP contribution in [0.1, 0.15) is 71.0 Å². The summed E-state index contributed by atoms with van der Waals surface area (Å²) in [4.78, 5) is 4.53. The highest BCUT2D eigenvalue weighted by Gasteiger charge is 2.43. The number of hydrogen-bond donors (Lipinski definition) is 0. The first kappa shape index (κ1) is 16.0. The summed E-state index contributed by atoms with van der Waals surface area (Å²) < 4.78 is 11.4. The zero-order valence-electron chi connectivity index (χ0n) is 13.3. The van der Waals surface area contributed by atoms with E-state index in [9.17, 15) is 0 Å². The molecule has 0 saturated heterocycles. The van der Waals surface area contributed by atoms with Crippen molar-refractivity contribution in [3.8, 4) is 6.07 Å². The molecule has 0 spiro atoms. The molecule has 1 fully saturated rings. The van der Waals surface area contributed by atoms with Gasteiger partial charge in [0.05, 0.1) is 6.07 Å². The quantitative estimate of drug-likeness (QED) is 0.746. The second kappa shape index (κ2) is 6.57. The van der Waals surface area contributed by atoms with E-state index in [4.69, 9.17) is 14.5 Å². The fourth-order valence-corrected chi connectivity index (χ4v) is 2.90. The molecule has 0 aliphatic heterocycles. The summed E-state index contributed by atoms with van der Waals surface area (Å²) in [6.07, 6.45) is 6.01. The second-order valence-electron chi connectivity index (χ2n) is 6.61. The summed E-state index contributed by atoms with van der Waals surface area (Å²) in [7, 11) is 0. The van der Waals surface area contributed by atoms with E-state index in [1.54, 1.807) is 0 Å². The first-order valence-electron chi connectivity index (χ1n) is 7.85. The third-order valence-electron chi connectivity index (χ3n) is 4.39. The standard InChI is InChI=1S/C16H25N3O2/c1-4-20-16(10-8-15(2,3)9-11-16)14-18-13(21-19-14)7-5-6-12-17/h4-11H2,1-3H3. The molecule has 5 heteroatoms. The molecule has 5 nitrogen and oxygen atoms in total. The van der Waals surface area contributed by atoms with E-state index < -0.39 is 0 Å². The number of aromatic nitrogens is 2. The van der Waals surface area contributed by atoms with Crippen LogP contribution >= 0.6 is 0 Å². The first-order chi connectivity index (χ1) is 10.0. The summed E-state index contributed by atoms with van der Waals surface area (Å²) in [5.74, 6) is 1.30. The molecule has 1 aromatic rings. The number of ether oxygens (including phenoxy) is 1. The van der Waals surface area contributed by atoms with Crippen molar-refractivity contribution >= 4 is 0 Å². The van der Waals surface area contributed by atoms with E-state index in [1.165, 1.54) is 0 Å². The van der Waals surface area contributed by atoms with Gasteiger partial charge in [-0.2, -0.15) is 10.2 Å². The van der Waals surface area contributed by atoms with Crippen molar-refractivity contribution in [3.63, 3.8) is 0 Å². The molecular formula is C16H25N3O2. The Morgan fingerprint density at radius 2 is 2.00 bits per heavy atom. The molecule has 1 heterocycles.